The molecule has 5 N–H and O–H groups in total. The van der Waals surface area contributed by atoms with Gasteiger partial charge in [0.1, 0.15) is 18.1 Å². The normalized spacial score (nSPS) is 19.1. The number of carboxylic acid groups (broad SMARTS) is 1. The molecule has 1 aliphatic heterocycles. The molecule has 158 valence electrons. The van der Waals surface area contributed by atoms with E-state index in [1.807, 2.05) is 30.3 Å². The first-order chi connectivity index (χ1) is 13.7. The maximum absolute atomic E-state index is 12.8. The van der Waals surface area contributed by atoms with Gasteiger partial charge < -0.3 is 26.4 Å². The lowest BCUT2D eigenvalue weighted by molar-refractivity contribution is -0.149. The Morgan fingerprint density at radius 3 is 2.38 bits per heavy atom. The fourth-order valence-electron chi connectivity index (χ4n) is 3.27. The zero-order valence-corrected chi connectivity index (χ0v) is 16.6. The first-order valence-electron chi connectivity index (χ1n) is 9.64. The Morgan fingerprint density at radius 2 is 1.79 bits per heavy atom. The fourth-order valence-corrected chi connectivity index (χ4v) is 3.27. The summed E-state index contributed by atoms with van der Waals surface area (Å²) in [6.07, 6.45) is 1.22. The highest BCUT2D eigenvalue weighted by Crippen LogP contribution is 2.18. The van der Waals surface area contributed by atoms with Crippen molar-refractivity contribution in [1.29, 1.82) is 0 Å². The number of rotatable bonds is 8. The van der Waals surface area contributed by atoms with Crippen LogP contribution in [-0.4, -0.2) is 64.4 Å². The van der Waals surface area contributed by atoms with Gasteiger partial charge in [-0.2, -0.15) is 0 Å². The molecule has 2 rings (SSSR count). The number of benzene rings is 1. The predicted octanol–water partition coefficient (Wildman–Crippen LogP) is -0.359. The first kappa shape index (κ1) is 22.4. The minimum Gasteiger partial charge on any atom is -0.480 e. The fraction of sp³-hybridized carbons (Fsp3) is 0.500. The van der Waals surface area contributed by atoms with Crippen molar-refractivity contribution in [1.82, 2.24) is 15.5 Å². The number of nitrogens with two attached hydrogens (primary N) is 1. The summed E-state index contributed by atoms with van der Waals surface area (Å²) in [6, 6.07) is 5.64. The third-order valence-corrected chi connectivity index (χ3v) is 4.88. The van der Waals surface area contributed by atoms with E-state index in [-0.39, 0.29) is 6.42 Å². The van der Waals surface area contributed by atoms with Crippen LogP contribution in [0.25, 0.3) is 0 Å². The zero-order chi connectivity index (χ0) is 21.6. The number of carboxylic acids is 1. The molecule has 1 aromatic carbocycles. The van der Waals surface area contributed by atoms with Crippen LogP contribution in [0.4, 0.5) is 0 Å². The summed E-state index contributed by atoms with van der Waals surface area (Å²) in [7, 11) is 0. The maximum atomic E-state index is 12.8. The summed E-state index contributed by atoms with van der Waals surface area (Å²) < 4.78 is 0. The molecule has 0 spiro atoms. The van der Waals surface area contributed by atoms with Gasteiger partial charge in [0.2, 0.25) is 17.7 Å². The van der Waals surface area contributed by atoms with E-state index in [4.69, 9.17) is 5.73 Å². The van der Waals surface area contributed by atoms with E-state index < -0.39 is 47.9 Å². The molecule has 0 aliphatic carbocycles. The number of nitrogens with one attached hydrogen (secondary N) is 2. The van der Waals surface area contributed by atoms with Gasteiger partial charge in [-0.3, -0.25) is 14.4 Å². The Morgan fingerprint density at radius 1 is 1.14 bits per heavy atom. The molecule has 0 bridgehead atoms. The van der Waals surface area contributed by atoms with Crippen LogP contribution in [0.2, 0.25) is 0 Å². The van der Waals surface area contributed by atoms with Crippen molar-refractivity contribution < 1.29 is 24.3 Å². The number of nitrogens with zero attached hydrogens (tertiary/aromatic N) is 1. The van der Waals surface area contributed by atoms with Gasteiger partial charge >= 0.3 is 5.97 Å². The summed E-state index contributed by atoms with van der Waals surface area (Å²) in [4.78, 5) is 50.1. The number of amides is 3. The highest BCUT2D eigenvalue weighted by Gasteiger charge is 2.36. The molecule has 1 aromatic rings. The van der Waals surface area contributed by atoms with Gasteiger partial charge in [0, 0.05) is 13.0 Å². The Balaban J connectivity index is 2.08. The molecule has 1 aliphatic rings. The zero-order valence-electron chi connectivity index (χ0n) is 16.6. The molecule has 4 atom stereocenters. The molecule has 3 amide bonds. The van der Waals surface area contributed by atoms with Crippen LogP contribution in [0.15, 0.2) is 30.3 Å². The van der Waals surface area contributed by atoms with Gasteiger partial charge in [0.15, 0.2) is 0 Å². The number of carbonyl (C=O) groups is 4. The summed E-state index contributed by atoms with van der Waals surface area (Å²) >= 11 is 0. The highest BCUT2D eigenvalue weighted by molar-refractivity contribution is 5.94. The summed E-state index contributed by atoms with van der Waals surface area (Å²) in [5, 5.41) is 14.5. The van der Waals surface area contributed by atoms with Crippen molar-refractivity contribution in [2.24, 2.45) is 5.73 Å². The van der Waals surface area contributed by atoms with Crippen LogP contribution in [-0.2, 0) is 25.6 Å². The number of hydrogen-bond donors (Lipinski definition) is 4. The Labute approximate surface area is 169 Å². The number of aliphatic carboxylic acids is 1. The van der Waals surface area contributed by atoms with Crippen molar-refractivity contribution >= 4 is 23.7 Å². The molecular formula is C20H28N4O5. The minimum absolute atomic E-state index is 0.230. The molecule has 29 heavy (non-hydrogen) atoms. The first-order valence-corrected chi connectivity index (χ1v) is 9.64. The third-order valence-electron chi connectivity index (χ3n) is 4.88. The van der Waals surface area contributed by atoms with E-state index in [2.05, 4.69) is 10.6 Å². The lowest BCUT2D eigenvalue weighted by atomic mass is 10.0. The maximum Gasteiger partial charge on any atom is 0.326 e. The third kappa shape index (κ3) is 6.02. The quantitative estimate of drug-likeness (QED) is 0.466. The van der Waals surface area contributed by atoms with E-state index in [9.17, 15) is 24.3 Å². The molecule has 1 saturated heterocycles. The molecular weight excluding hydrogens is 376 g/mol. The largest absolute Gasteiger partial charge is 0.480 e. The molecule has 4 unspecified atom stereocenters. The van der Waals surface area contributed by atoms with Crippen LogP contribution in [0, 0.1) is 0 Å². The summed E-state index contributed by atoms with van der Waals surface area (Å²) in [5.74, 6) is -2.53. The molecule has 0 saturated carbocycles. The van der Waals surface area contributed by atoms with Gasteiger partial charge in [0.05, 0.1) is 6.04 Å². The second-order valence-corrected chi connectivity index (χ2v) is 7.30. The van der Waals surface area contributed by atoms with Crippen molar-refractivity contribution in [3.63, 3.8) is 0 Å². The SMILES string of the molecule is CC(N)C(=O)NC(Cc1ccccc1)C(=O)NC(C)C(=O)N1CCCC1C(=O)O. The van der Waals surface area contributed by atoms with E-state index in [0.29, 0.717) is 19.4 Å². The average Bonchev–Trinajstić information content (AvgIpc) is 3.17. The van der Waals surface area contributed by atoms with Gasteiger partial charge in [-0.15, -0.1) is 0 Å². The topological polar surface area (TPSA) is 142 Å². The molecule has 1 heterocycles. The van der Waals surface area contributed by atoms with Gasteiger partial charge in [-0.1, -0.05) is 30.3 Å². The number of carbonyl (C=O) groups excluding carboxylic acids is 3. The monoisotopic (exact) mass is 404 g/mol. The van der Waals surface area contributed by atoms with Crippen LogP contribution < -0.4 is 16.4 Å². The molecule has 1 fully saturated rings. The van der Waals surface area contributed by atoms with Crippen molar-refractivity contribution in [2.45, 2.75) is 57.3 Å². The molecule has 0 radical (unpaired) electrons. The van der Waals surface area contributed by atoms with Gasteiger partial charge in [-0.05, 0) is 32.3 Å². The highest BCUT2D eigenvalue weighted by atomic mass is 16.4. The van der Waals surface area contributed by atoms with Gasteiger partial charge in [0.25, 0.3) is 0 Å². The second kappa shape index (κ2) is 10.0. The number of likely N-dealkylation sites (tertiary alicyclic amines) is 1. The Kier molecular flexibility index (Phi) is 7.72. The van der Waals surface area contributed by atoms with Crippen LogP contribution in [0.3, 0.4) is 0 Å². The molecule has 9 heteroatoms. The second-order valence-electron chi connectivity index (χ2n) is 7.30. The summed E-state index contributed by atoms with van der Waals surface area (Å²) in [5.41, 5.74) is 6.43. The minimum atomic E-state index is -1.06. The van der Waals surface area contributed by atoms with E-state index in [1.165, 1.54) is 18.7 Å². The van der Waals surface area contributed by atoms with Crippen LogP contribution in [0.5, 0.6) is 0 Å². The van der Waals surface area contributed by atoms with Gasteiger partial charge in [-0.25, -0.2) is 4.79 Å². The van der Waals surface area contributed by atoms with E-state index in [1.54, 1.807) is 0 Å². The predicted molar refractivity (Wildman–Crippen MR) is 106 cm³/mol. The molecule has 0 aromatic heterocycles. The Hall–Kier alpha value is -2.94. The standard InChI is InChI=1S/C20H28N4O5/c1-12(21)17(25)23-15(11-14-7-4-3-5-8-14)18(26)22-13(2)19(27)24-10-6-9-16(24)20(28)29/h3-5,7-8,12-13,15-16H,6,9-11,21H2,1-2H3,(H,22,26)(H,23,25)(H,28,29). The van der Waals surface area contributed by atoms with Crippen molar-refractivity contribution in [3.8, 4) is 0 Å². The molecule has 9 nitrogen and oxygen atoms in total. The number of hydrogen-bond acceptors (Lipinski definition) is 5. The smallest absolute Gasteiger partial charge is 0.326 e. The lowest BCUT2D eigenvalue weighted by Crippen LogP contribution is -2.56. The van der Waals surface area contributed by atoms with Crippen LogP contribution >= 0.6 is 0 Å². The summed E-state index contributed by atoms with van der Waals surface area (Å²) in [6.45, 7) is 3.35. The van der Waals surface area contributed by atoms with E-state index >= 15 is 0 Å². The lowest BCUT2D eigenvalue weighted by Gasteiger charge is -2.27. The van der Waals surface area contributed by atoms with E-state index in [0.717, 1.165) is 5.56 Å². The average molecular weight is 404 g/mol. The Bertz CT molecular complexity index is 752. The van der Waals surface area contributed by atoms with Crippen LogP contribution in [0.1, 0.15) is 32.3 Å². The van der Waals surface area contributed by atoms with Crippen molar-refractivity contribution in [3.05, 3.63) is 35.9 Å². The van der Waals surface area contributed by atoms with Crippen molar-refractivity contribution in [2.75, 3.05) is 6.54 Å².